The van der Waals surface area contributed by atoms with Crippen LogP contribution in [0.5, 0.6) is 0 Å². The molecular formula is C17H21N3O4. The molecule has 0 saturated carbocycles. The molecule has 0 fully saturated rings. The monoisotopic (exact) mass is 331 g/mol. The number of anilines is 2. The van der Waals surface area contributed by atoms with Gasteiger partial charge in [-0.25, -0.2) is 4.79 Å². The van der Waals surface area contributed by atoms with Crippen LogP contribution >= 0.6 is 0 Å². The maximum Gasteiger partial charge on any atom is 0.407 e. The van der Waals surface area contributed by atoms with Crippen LogP contribution in [0.15, 0.2) is 48.5 Å². The summed E-state index contributed by atoms with van der Waals surface area (Å²) >= 11 is 0. The summed E-state index contributed by atoms with van der Waals surface area (Å²) < 4.78 is 5.02. The summed E-state index contributed by atoms with van der Waals surface area (Å²) in [5.41, 5.74) is 13.1. The molecule has 0 heterocycles. The molecule has 0 spiro atoms. The molecule has 0 aromatic heterocycles. The Morgan fingerprint density at radius 3 is 2.50 bits per heavy atom. The highest BCUT2D eigenvalue weighted by atomic mass is 16.5. The molecule has 0 saturated heterocycles. The number of carbonyl (C=O) groups is 1. The molecule has 7 heteroatoms. The Kier molecular flexibility index (Phi) is 6.00. The molecule has 2 atom stereocenters. The second kappa shape index (κ2) is 8.19. The smallest absolute Gasteiger partial charge is 0.407 e. The predicted octanol–water partition coefficient (Wildman–Crippen LogP) is 1.17. The number of aliphatic hydroxyl groups excluding tert-OH is 2. The largest absolute Gasteiger partial charge is 0.445 e. The van der Waals surface area contributed by atoms with Gasteiger partial charge in [0.2, 0.25) is 0 Å². The van der Waals surface area contributed by atoms with Gasteiger partial charge in [-0.05, 0) is 11.6 Å². The van der Waals surface area contributed by atoms with E-state index in [0.717, 1.165) is 5.56 Å². The predicted molar refractivity (Wildman–Crippen MR) is 90.9 cm³/mol. The fourth-order valence-corrected chi connectivity index (χ4v) is 2.14. The molecule has 0 aliphatic carbocycles. The Balaban J connectivity index is 1.82. The maximum absolute atomic E-state index is 11.6. The average Bonchev–Trinajstić information content (AvgIpc) is 2.60. The first kappa shape index (κ1) is 17.6. The summed E-state index contributed by atoms with van der Waals surface area (Å²) in [7, 11) is 0. The van der Waals surface area contributed by atoms with E-state index >= 15 is 0 Å². The minimum absolute atomic E-state index is 0.119. The van der Waals surface area contributed by atoms with E-state index in [9.17, 15) is 15.0 Å². The Bertz CT molecular complexity index is 679. The summed E-state index contributed by atoms with van der Waals surface area (Å²) in [6, 6.07) is 14.0. The lowest BCUT2D eigenvalue weighted by Gasteiger charge is -2.20. The van der Waals surface area contributed by atoms with E-state index in [1.54, 1.807) is 18.2 Å². The topological polar surface area (TPSA) is 131 Å². The van der Waals surface area contributed by atoms with E-state index in [2.05, 4.69) is 5.32 Å². The molecule has 24 heavy (non-hydrogen) atoms. The maximum atomic E-state index is 11.6. The van der Waals surface area contributed by atoms with Gasteiger partial charge in [0.15, 0.2) is 0 Å². The molecule has 0 bridgehead atoms. The molecule has 2 rings (SSSR count). The molecule has 128 valence electrons. The molecule has 0 aliphatic heterocycles. The van der Waals surface area contributed by atoms with Crippen molar-refractivity contribution in [1.29, 1.82) is 0 Å². The van der Waals surface area contributed by atoms with Crippen LogP contribution in [0, 0.1) is 0 Å². The molecular weight excluding hydrogens is 310 g/mol. The van der Waals surface area contributed by atoms with Gasteiger partial charge in [0.05, 0.1) is 11.4 Å². The molecule has 2 aromatic carbocycles. The second-order valence-corrected chi connectivity index (χ2v) is 5.30. The first-order valence-corrected chi connectivity index (χ1v) is 7.43. The quantitative estimate of drug-likeness (QED) is 0.505. The third-order valence-corrected chi connectivity index (χ3v) is 3.52. The van der Waals surface area contributed by atoms with Gasteiger partial charge < -0.3 is 31.7 Å². The molecule has 7 nitrogen and oxygen atoms in total. The zero-order chi connectivity index (χ0) is 17.5. The SMILES string of the molecule is Nc1cccc(C(O)C(O)CNC(=O)OCc2ccccc2)c1N. The van der Waals surface area contributed by atoms with Gasteiger partial charge in [0.1, 0.15) is 18.8 Å². The van der Waals surface area contributed by atoms with Crippen molar-refractivity contribution in [3.8, 4) is 0 Å². The number of hydrogen-bond acceptors (Lipinski definition) is 6. The number of rotatable bonds is 6. The number of alkyl carbamates (subject to hydrolysis) is 1. The highest BCUT2D eigenvalue weighted by Gasteiger charge is 2.22. The number of ether oxygens (including phenoxy) is 1. The summed E-state index contributed by atoms with van der Waals surface area (Å²) in [4.78, 5) is 11.6. The van der Waals surface area contributed by atoms with Crippen LogP contribution < -0.4 is 16.8 Å². The van der Waals surface area contributed by atoms with Crippen LogP contribution in [-0.2, 0) is 11.3 Å². The molecule has 2 unspecified atom stereocenters. The zero-order valence-corrected chi connectivity index (χ0v) is 13.1. The van der Waals surface area contributed by atoms with Gasteiger partial charge in [0, 0.05) is 12.1 Å². The lowest BCUT2D eigenvalue weighted by molar-refractivity contribution is 0.0188. The van der Waals surface area contributed by atoms with E-state index in [-0.39, 0.29) is 18.8 Å². The number of benzene rings is 2. The van der Waals surface area contributed by atoms with Crippen molar-refractivity contribution in [1.82, 2.24) is 5.32 Å². The van der Waals surface area contributed by atoms with Crippen molar-refractivity contribution in [2.24, 2.45) is 0 Å². The fourth-order valence-electron chi connectivity index (χ4n) is 2.14. The molecule has 2 aromatic rings. The highest BCUT2D eigenvalue weighted by molar-refractivity contribution is 5.68. The summed E-state index contributed by atoms with van der Waals surface area (Å²) in [5, 5.41) is 22.5. The first-order valence-electron chi connectivity index (χ1n) is 7.43. The van der Waals surface area contributed by atoms with E-state index in [1.165, 1.54) is 0 Å². The zero-order valence-electron chi connectivity index (χ0n) is 13.1. The third kappa shape index (κ3) is 4.61. The van der Waals surface area contributed by atoms with E-state index in [4.69, 9.17) is 16.2 Å². The number of aliphatic hydroxyl groups is 2. The lowest BCUT2D eigenvalue weighted by Crippen LogP contribution is -2.36. The number of amides is 1. The van der Waals surface area contributed by atoms with E-state index < -0.39 is 18.3 Å². The van der Waals surface area contributed by atoms with Crippen molar-refractivity contribution >= 4 is 17.5 Å². The van der Waals surface area contributed by atoms with Crippen LogP contribution in [0.3, 0.4) is 0 Å². The number of nitrogens with two attached hydrogens (primary N) is 2. The van der Waals surface area contributed by atoms with Gasteiger partial charge in [0.25, 0.3) is 0 Å². The Morgan fingerprint density at radius 2 is 1.79 bits per heavy atom. The van der Waals surface area contributed by atoms with Crippen LogP contribution in [0.1, 0.15) is 17.2 Å². The fraction of sp³-hybridized carbons (Fsp3) is 0.235. The number of carbonyl (C=O) groups excluding carboxylic acids is 1. The highest BCUT2D eigenvalue weighted by Crippen LogP contribution is 2.27. The van der Waals surface area contributed by atoms with Crippen molar-refractivity contribution in [2.75, 3.05) is 18.0 Å². The van der Waals surface area contributed by atoms with Gasteiger partial charge in [-0.2, -0.15) is 0 Å². The molecule has 0 radical (unpaired) electrons. The van der Waals surface area contributed by atoms with Crippen molar-refractivity contribution in [3.05, 3.63) is 59.7 Å². The Hall–Kier alpha value is -2.77. The molecule has 7 N–H and O–H groups in total. The Morgan fingerprint density at radius 1 is 1.08 bits per heavy atom. The number of hydrogen-bond donors (Lipinski definition) is 5. The number of nitrogen functional groups attached to an aromatic ring is 2. The Labute approximate surface area is 139 Å². The van der Waals surface area contributed by atoms with Crippen molar-refractivity contribution in [2.45, 2.75) is 18.8 Å². The number of nitrogens with one attached hydrogen (secondary N) is 1. The third-order valence-electron chi connectivity index (χ3n) is 3.52. The van der Waals surface area contributed by atoms with Gasteiger partial charge in [-0.1, -0.05) is 42.5 Å². The summed E-state index contributed by atoms with van der Waals surface area (Å²) in [6.07, 6.45) is -3.22. The van der Waals surface area contributed by atoms with Crippen LogP contribution in [0.2, 0.25) is 0 Å². The van der Waals surface area contributed by atoms with Gasteiger partial charge >= 0.3 is 6.09 Å². The summed E-state index contributed by atoms with van der Waals surface area (Å²) in [6.45, 7) is -0.0729. The second-order valence-electron chi connectivity index (χ2n) is 5.30. The molecule has 1 amide bonds. The van der Waals surface area contributed by atoms with Crippen LogP contribution in [0.4, 0.5) is 16.2 Å². The summed E-state index contributed by atoms with van der Waals surface area (Å²) in [5.74, 6) is 0. The van der Waals surface area contributed by atoms with Crippen LogP contribution in [0.25, 0.3) is 0 Å². The number of para-hydroxylation sites is 1. The first-order chi connectivity index (χ1) is 11.5. The minimum atomic E-state index is -1.28. The molecule has 0 aliphatic rings. The van der Waals surface area contributed by atoms with Gasteiger partial charge in [-0.3, -0.25) is 0 Å². The normalized spacial score (nSPS) is 13.1. The standard InChI is InChI=1S/C17H21N3O4/c18-13-8-4-7-12(15(13)19)16(22)14(21)9-20-17(23)24-10-11-5-2-1-3-6-11/h1-8,14,16,21-22H,9-10,18-19H2,(H,20,23). The van der Waals surface area contributed by atoms with Gasteiger partial charge in [-0.15, -0.1) is 0 Å². The van der Waals surface area contributed by atoms with Crippen molar-refractivity contribution < 1.29 is 19.7 Å². The lowest BCUT2D eigenvalue weighted by atomic mass is 10.0. The van der Waals surface area contributed by atoms with E-state index in [1.807, 2.05) is 30.3 Å². The van der Waals surface area contributed by atoms with Crippen LogP contribution in [-0.4, -0.2) is 29.0 Å². The van der Waals surface area contributed by atoms with Crippen molar-refractivity contribution in [3.63, 3.8) is 0 Å². The van der Waals surface area contributed by atoms with E-state index in [0.29, 0.717) is 11.3 Å². The average molecular weight is 331 g/mol. The minimum Gasteiger partial charge on any atom is -0.445 e.